The average molecular weight is 336 g/mol. The number of hydrogen-bond acceptors (Lipinski definition) is 3. The summed E-state index contributed by atoms with van der Waals surface area (Å²) in [5.74, 6) is 1.99. The van der Waals surface area contributed by atoms with E-state index < -0.39 is 0 Å². The molecule has 0 spiro atoms. The van der Waals surface area contributed by atoms with Crippen LogP contribution in [0.1, 0.15) is 11.8 Å². The lowest BCUT2D eigenvalue weighted by Gasteiger charge is -2.10. The summed E-state index contributed by atoms with van der Waals surface area (Å²) in [6, 6.07) is 2.11. The molecule has 1 rings (SSSR count). The minimum Gasteiger partial charge on any atom is -0.357 e. The summed E-state index contributed by atoms with van der Waals surface area (Å²) >= 11 is 7.00. The number of hydrogen-bond donors (Lipinski definition) is 2. The molecule has 1 heterocycles. The second-order valence-electron chi connectivity index (χ2n) is 3.35. The zero-order chi connectivity index (χ0) is 12.5. The highest BCUT2D eigenvalue weighted by molar-refractivity contribution is 9.10. The Morgan fingerprint density at radius 1 is 1.53 bits per heavy atom. The van der Waals surface area contributed by atoms with E-state index in [-0.39, 0.29) is 0 Å². The fraction of sp³-hybridized carbons (Fsp3) is 0.545. The maximum Gasteiger partial charge on any atom is 0.191 e. The molecule has 0 atom stereocenters. The Bertz CT molecular complexity index is 352. The van der Waals surface area contributed by atoms with E-state index in [0.29, 0.717) is 0 Å². The average Bonchev–Trinajstić information content (AvgIpc) is 2.72. The largest absolute Gasteiger partial charge is 0.357 e. The van der Waals surface area contributed by atoms with Crippen LogP contribution in [0.3, 0.4) is 0 Å². The van der Waals surface area contributed by atoms with E-state index in [2.05, 4.69) is 56.2 Å². The molecule has 1 aromatic rings. The molecule has 0 aliphatic heterocycles. The van der Waals surface area contributed by atoms with Crippen molar-refractivity contribution < 1.29 is 0 Å². The number of aliphatic imine (C=N–C) groups is 1. The minimum absolute atomic E-state index is 0.727. The predicted molar refractivity (Wildman–Crippen MR) is 83.2 cm³/mol. The van der Waals surface area contributed by atoms with Gasteiger partial charge in [0.25, 0.3) is 0 Å². The monoisotopic (exact) mass is 335 g/mol. The van der Waals surface area contributed by atoms with Crippen molar-refractivity contribution in [3.63, 3.8) is 0 Å². The third-order valence-corrected chi connectivity index (χ3v) is 4.25. The third-order valence-electron chi connectivity index (χ3n) is 1.96. The van der Waals surface area contributed by atoms with Crippen LogP contribution in [0.5, 0.6) is 0 Å². The standard InChI is InChI=1S/C11H18BrN3S2/c1-3-13-11(14-4-5-16-2)15-7-10-6-9(12)8-17-10/h6,8H,3-5,7H2,1-2H3,(H2,13,14,15). The molecular weight excluding hydrogens is 318 g/mol. The Labute approximate surface area is 120 Å². The molecule has 0 aliphatic carbocycles. The molecule has 6 heteroatoms. The number of nitrogens with one attached hydrogen (secondary N) is 2. The zero-order valence-electron chi connectivity index (χ0n) is 10.1. The molecule has 0 unspecified atom stereocenters. The summed E-state index contributed by atoms with van der Waals surface area (Å²) in [5, 5.41) is 8.63. The smallest absolute Gasteiger partial charge is 0.191 e. The van der Waals surface area contributed by atoms with E-state index in [4.69, 9.17) is 0 Å². The van der Waals surface area contributed by atoms with Gasteiger partial charge < -0.3 is 10.6 Å². The number of rotatable bonds is 6. The van der Waals surface area contributed by atoms with Crippen LogP contribution in [0.25, 0.3) is 0 Å². The lowest BCUT2D eigenvalue weighted by atomic mass is 10.5. The SMILES string of the molecule is CCNC(=NCc1cc(Br)cs1)NCCSC. The molecule has 2 N–H and O–H groups in total. The maximum absolute atomic E-state index is 4.54. The van der Waals surface area contributed by atoms with Crippen LogP contribution in [0.15, 0.2) is 20.9 Å². The number of thioether (sulfide) groups is 1. The molecule has 96 valence electrons. The maximum atomic E-state index is 4.54. The molecule has 0 radical (unpaired) electrons. The molecular formula is C11H18BrN3S2. The third kappa shape index (κ3) is 6.33. The molecule has 1 aromatic heterocycles. The molecule has 0 aliphatic rings. The normalized spacial score (nSPS) is 11.6. The van der Waals surface area contributed by atoms with Gasteiger partial charge in [0, 0.05) is 33.6 Å². The highest BCUT2D eigenvalue weighted by atomic mass is 79.9. The van der Waals surface area contributed by atoms with Crippen LogP contribution >= 0.6 is 39.0 Å². The van der Waals surface area contributed by atoms with Crippen molar-refractivity contribution >= 4 is 45.0 Å². The first-order chi connectivity index (χ1) is 8.26. The van der Waals surface area contributed by atoms with E-state index in [0.717, 1.165) is 35.8 Å². The van der Waals surface area contributed by atoms with E-state index in [1.165, 1.54) is 4.88 Å². The molecule has 0 fully saturated rings. The van der Waals surface area contributed by atoms with Gasteiger partial charge in [0.05, 0.1) is 6.54 Å². The summed E-state index contributed by atoms with van der Waals surface area (Å²) in [5.41, 5.74) is 0. The summed E-state index contributed by atoms with van der Waals surface area (Å²) in [6.45, 7) is 4.64. The first-order valence-corrected chi connectivity index (χ1v) is 8.57. The number of thiophene rings is 1. The van der Waals surface area contributed by atoms with Crippen molar-refractivity contribution in [2.45, 2.75) is 13.5 Å². The second-order valence-corrected chi connectivity index (χ2v) is 6.24. The first kappa shape index (κ1) is 14.9. The lowest BCUT2D eigenvalue weighted by molar-refractivity contribution is 0.845. The van der Waals surface area contributed by atoms with Crippen LogP contribution < -0.4 is 10.6 Å². The number of halogens is 1. The van der Waals surface area contributed by atoms with Crippen LogP contribution in [0.4, 0.5) is 0 Å². The molecule has 0 aromatic carbocycles. The minimum atomic E-state index is 0.727. The fourth-order valence-corrected chi connectivity index (χ4v) is 2.89. The summed E-state index contributed by atoms with van der Waals surface area (Å²) in [4.78, 5) is 5.81. The van der Waals surface area contributed by atoms with Crippen molar-refractivity contribution in [1.29, 1.82) is 0 Å². The van der Waals surface area contributed by atoms with Gasteiger partial charge in [0.2, 0.25) is 0 Å². The summed E-state index contributed by atoms with van der Waals surface area (Å²) in [6.07, 6.45) is 2.11. The second kappa shape index (κ2) is 8.83. The van der Waals surface area contributed by atoms with Gasteiger partial charge in [-0.15, -0.1) is 11.3 Å². The van der Waals surface area contributed by atoms with Gasteiger partial charge in [-0.1, -0.05) is 0 Å². The van der Waals surface area contributed by atoms with Gasteiger partial charge in [0.15, 0.2) is 5.96 Å². The van der Waals surface area contributed by atoms with Crippen LogP contribution in [0, 0.1) is 0 Å². The first-order valence-electron chi connectivity index (χ1n) is 5.50. The Morgan fingerprint density at radius 2 is 2.35 bits per heavy atom. The van der Waals surface area contributed by atoms with Crippen LogP contribution in [-0.4, -0.2) is 31.1 Å². The molecule has 0 saturated carbocycles. The topological polar surface area (TPSA) is 36.4 Å². The predicted octanol–water partition coefficient (Wildman–Crippen LogP) is 2.93. The van der Waals surface area contributed by atoms with Crippen molar-refractivity contribution in [3.05, 3.63) is 20.8 Å². The van der Waals surface area contributed by atoms with Gasteiger partial charge in [-0.2, -0.15) is 11.8 Å². The number of nitrogens with zero attached hydrogens (tertiary/aromatic N) is 1. The highest BCUT2D eigenvalue weighted by Gasteiger charge is 1.99. The molecule has 0 amide bonds. The van der Waals surface area contributed by atoms with E-state index in [1.54, 1.807) is 11.3 Å². The van der Waals surface area contributed by atoms with Crippen molar-refractivity contribution in [2.75, 3.05) is 25.1 Å². The molecule has 0 saturated heterocycles. The van der Waals surface area contributed by atoms with Crippen molar-refractivity contribution in [1.82, 2.24) is 10.6 Å². The van der Waals surface area contributed by atoms with Crippen LogP contribution in [-0.2, 0) is 6.54 Å². The fourth-order valence-electron chi connectivity index (χ4n) is 1.21. The van der Waals surface area contributed by atoms with E-state index in [1.807, 2.05) is 11.8 Å². The molecule has 17 heavy (non-hydrogen) atoms. The number of guanidine groups is 1. The Kier molecular flexibility index (Phi) is 7.72. The molecule has 3 nitrogen and oxygen atoms in total. The van der Waals surface area contributed by atoms with Gasteiger partial charge in [-0.3, -0.25) is 0 Å². The van der Waals surface area contributed by atoms with Gasteiger partial charge in [-0.05, 0) is 35.2 Å². The summed E-state index contributed by atoms with van der Waals surface area (Å²) < 4.78 is 1.13. The Hall–Kier alpha value is -0.200. The van der Waals surface area contributed by atoms with Gasteiger partial charge >= 0.3 is 0 Å². The zero-order valence-corrected chi connectivity index (χ0v) is 13.3. The van der Waals surface area contributed by atoms with Crippen molar-refractivity contribution in [3.8, 4) is 0 Å². The van der Waals surface area contributed by atoms with Gasteiger partial charge in [-0.25, -0.2) is 4.99 Å². The van der Waals surface area contributed by atoms with E-state index in [9.17, 15) is 0 Å². The Morgan fingerprint density at radius 3 is 2.94 bits per heavy atom. The lowest BCUT2D eigenvalue weighted by Crippen LogP contribution is -2.38. The van der Waals surface area contributed by atoms with E-state index >= 15 is 0 Å². The van der Waals surface area contributed by atoms with Crippen LogP contribution in [0.2, 0.25) is 0 Å². The quantitative estimate of drug-likeness (QED) is 0.476. The summed E-state index contributed by atoms with van der Waals surface area (Å²) in [7, 11) is 0. The highest BCUT2D eigenvalue weighted by Crippen LogP contribution is 2.20. The van der Waals surface area contributed by atoms with Gasteiger partial charge in [0.1, 0.15) is 0 Å². The Balaban J connectivity index is 2.44. The molecule has 0 bridgehead atoms. The van der Waals surface area contributed by atoms with Crippen molar-refractivity contribution in [2.24, 2.45) is 4.99 Å².